The van der Waals surface area contributed by atoms with Crippen LogP contribution >= 0.6 is 0 Å². The van der Waals surface area contributed by atoms with Gasteiger partial charge in [-0.05, 0) is 50.9 Å². The number of amides is 1. The highest BCUT2D eigenvalue weighted by Crippen LogP contribution is 2.12. The van der Waals surface area contributed by atoms with Gasteiger partial charge in [0.05, 0.1) is 11.4 Å². The summed E-state index contributed by atoms with van der Waals surface area (Å²) < 4.78 is 25.9. The van der Waals surface area contributed by atoms with Crippen LogP contribution in [0, 0.1) is 0 Å². The van der Waals surface area contributed by atoms with Crippen molar-refractivity contribution in [2.24, 2.45) is 4.99 Å². The molecule has 1 heterocycles. The molecule has 0 radical (unpaired) electrons. The molecule has 0 bridgehead atoms. The molecule has 0 aliphatic carbocycles. The fraction of sp³-hybridized carbons (Fsp3) is 0.600. The van der Waals surface area contributed by atoms with Crippen molar-refractivity contribution >= 4 is 21.9 Å². The Morgan fingerprint density at radius 2 is 1.90 bits per heavy atom. The monoisotopic (exact) mass is 423 g/mol. The molecule has 3 N–H and O–H groups in total. The van der Waals surface area contributed by atoms with Crippen molar-refractivity contribution in [1.82, 2.24) is 20.3 Å². The van der Waals surface area contributed by atoms with Crippen LogP contribution in [0.2, 0.25) is 0 Å². The van der Waals surface area contributed by atoms with Crippen molar-refractivity contribution in [3.63, 3.8) is 0 Å². The maximum absolute atomic E-state index is 12.0. The maximum Gasteiger partial charge on any atom is 0.240 e. The molecule has 2 rings (SSSR count). The second kappa shape index (κ2) is 11.8. The van der Waals surface area contributed by atoms with Crippen LogP contribution in [0.5, 0.6) is 0 Å². The number of rotatable bonds is 9. The van der Waals surface area contributed by atoms with Crippen LogP contribution in [0.1, 0.15) is 44.6 Å². The molecule has 29 heavy (non-hydrogen) atoms. The van der Waals surface area contributed by atoms with Gasteiger partial charge < -0.3 is 15.5 Å². The number of benzene rings is 1. The predicted molar refractivity (Wildman–Crippen MR) is 115 cm³/mol. The lowest BCUT2D eigenvalue weighted by atomic mass is 10.2. The standard InChI is InChI=1S/C20H33N5O3S/c1-3-22-20(23-13-7-15-25-14-6-4-5-8-19(25)26)24-16-17-9-11-18(12-10-17)29(27,28)21-2/h9-12,21H,3-8,13-16H2,1-2H3,(H2,22,23,24). The number of aliphatic imine (C=N–C) groups is 1. The summed E-state index contributed by atoms with van der Waals surface area (Å²) >= 11 is 0. The minimum Gasteiger partial charge on any atom is -0.357 e. The van der Waals surface area contributed by atoms with Crippen molar-refractivity contribution < 1.29 is 13.2 Å². The van der Waals surface area contributed by atoms with Gasteiger partial charge >= 0.3 is 0 Å². The van der Waals surface area contributed by atoms with E-state index in [0.717, 1.165) is 57.4 Å². The fourth-order valence-corrected chi connectivity index (χ4v) is 3.89. The van der Waals surface area contributed by atoms with Crippen LogP contribution in [0.3, 0.4) is 0 Å². The first-order chi connectivity index (χ1) is 14.0. The van der Waals surface area contributed by atoms with Gasteiger partial charge in [-0.2, -0.15) is 0 Å². The Labute approximate surface area is 174 Å². The average molecular weight is 424 g/mol. The summed E-state index contributed by atoms with van der Waals surface area (Å²) in [4.78, 5) is 18.8. The Bertz CT molecular complexity index is 778. The molecular weight excluding hydrogens is 390 g/mol. The van der Waals surface area contributed by atoms with Crippen LogP contribution in [-0.4, -0.2) is 58.4 Å². The first-order valence-corrected chi connectivity index (χ1v) is 11.8. The highest BCUT2D eigenvalue weighted by Gasteiger charge is 2.15. The Hall–Kier alpha value is -2.13. The molecule has 0 atom stereocenters. The van der Waals surface area contributed by atoms with E-state index >= 15 is 0 Å². The van der Waals surface area contributed by atoms with Gasteiger partial charge in [0.25, 0.3) is 0 Å². The van der Waals surface area contributed by atoms with E-state index in [4.69, 9.17) is 0 Å². The number of likely N-dealkylation sites (tertiary alicyclic amines) is 1. The molecule has 9 heteroatoms. The number of hydrogen-bond donors (Lipinski definition) is 3. The van der Waals surface area contributed by atoms with Gasteiger partial charge in [-0.3, -0.25) is 4.79 Å². The summed E-state index contributed by atoms with van der Waals surface area (Å²) in [6.45, 7) is 5.56. The van der Waals surface area contributed by atoms with Gasteiger partial charge in [0.15, 0.2) is 5.96 Å². The lowest BCUT2D eigenvalue weighted by Crippen LogP contribution is -2.39. The molecule has 1 saturated heterocycles. The number of carbonyl (C=O) groups is 1. The molecule has 1 aromatic carbocycles. The zero-order valence-electron chi connectivity index (χ0n) is 17.4. The van der Waals surface area contributed by atoms with E-state index in [1.165, 1.54) is 7.05 Å². The van der Waals surface area contributed by atoms with E-state index in [9.17, 15) is 13.2 Å². The Morgan fingerprint density at radius 3 is 2.59 bits per heavy atom. The van der Waals surface area contributed by atoms with Crippen molar-refractivity contribution in [1.29, 1.82) is 0 Å². The molecule has 1 amide bonds. The van der Waals surface area contributed by atoms with Gasteiger partial charge in [0.2, 0.25) is 15.9 Å². The highest BCUT2D eigenvalue weighted by atomic mass is 32.2. The third-order valence-corrected chi connectivity index (χ3v) is 6.27. The zero-order valence-corrected chi connectivity index (χ0v) is 18.2. The summed E-state index contributed by atoms with van der Waals surface area (Å²) in [5.74, 6) is 0.980. The SMILES string of the molecule is CCNC(=NCc1ccc(S(=O)(=O)NC)cc1)NCCCN1CCCCCC1=O. The molecule has 0 unspecified atom stereocenters. The van der Waals surface area contributed by atoms with Gasteiger partial charge in [-0.1, -0.05) is 18.6 Å². The molecular formula is C20H33N5O3S. The third kappa shape index (κ3) is 7.66. The molecule has 1 aliphatic heterocycles. The molecule has 0 aromatic heterocycles. The van der Waals surface area contributed by atoms with Crippen molar-refractivity contribution in [2.75, 3.05) is 33.2 Å². The van der Waals surface area contributed by atoms with Gasteiger partial charge in [-0.25, -0.2) is 18.1 Å². The average Bonchev–Trinajstić information content (AvgIpc) is 2.93. The Balaban J connectivity index is 1.83. The lowest BCUT2D eigenvalue weighted by molar-refractivity contribution is -0.130. The van der Waals surface area contributed by atoms with Crippen molar-refractivity contribution in [3.8, 4) is 0 Å². The molecule has 1 fully saturated rings. The lowest BCUT2D eigenvalue weighted by Gasteiger charge is -2.20. The number of nitrogens with zero attached hydrogens (tertiary/aromatic N) is 2. The van der Waals surface area contributed by atoms with E-state index in [2.05, 4.69) is 20.3 Å². The van der Waals surface area contributed by atoms with Crippen LogP contribution < -0.4 is 15.4 Å². The molecule has 0 saturated carbocycles. The second-order valence-corrected chi connectivity index (χ2v) is 8.90. The van der Waals surface area contributed by atoms with Crippen LogP contribution in [0.25, 0.3) is 0 Å². The first kappa shape index (κ1) is 23.2. The highest BCUT2D eigenvalue weighted by molar-refractivity contribution is 7.89. The summed E-state index contributed by atoms with van der Waals surface area (Å²) in [5, 5.41) is 6.51. The minimum atomic E-state index is -3.42. The van der Waals surface area contributed by atoms with E-state index in [1.807, 2.05) is 11.8 Å². The third-order valence-electron chi connectivity index (χ3n) is 4.83. The predicted octanol–water partition coefficient (Wildman–Crippen LogP) is 1.44. The Kier molecular flexibility index (Phi) is 9.40. The van der Waals surface area contributed by atoms with Crippen LogP contribution in [0.15, 0.2) is 34.2 Å². The van der Waals surface area contributed by atoms with Gasteiger partial charge in [0.1, 0.15) is 0 Å². The largest absolute Gasteiger partial charge is 0.357 e. The summed E-state index contributed by atoms with van der Waals surface area (Å²) in [6, 6.07) is 6.69. The smallest absolute Gasteiger partial charge is 0.240 e. The van der Waals surface area contributed by atoms with Crippen LogP contribution in [-0.2, 0) is 21.4 Å². The maximum atomic E-state index is 12.0. The van der Waals surface area contributed by atoms with Gasteiger partial charge in [0, 0.05) is 32.6 Å². The van der Waals surface area contributed by atoms with Gasteiger partial charge in [-0.15, -0.1) is 0 Å². The minimum absolute atomic E-state index is 0.237. The molecule has 162 valence electrons. The quantitative estimate of drug-likeness (QED) is 0.317. The zero-order chi connectivity index (χ0) is 21.1. The normalized spacial score (nSPS) is 15.9. The molecule has 8 nitrogen and oxygen atoms in total. The van der Waals surface area contributed by atoms with Crippen molar-refractivity contribution in [2.45, 2.75) is 50.5 Å². The topological polar surface area (TPSA) is 103 Å². The van der Waals surface area contributed by atoms with E-state index in [1.54, 1.807) is 24.3 Å². The summed E-state index contributed by atoms with van der Waals surface area (Å²) in [7, 11) is -2.03. The van der Waals surface area contributed by atoms with Crippen molar-refractivity contribution in [3.05, 3.63) is 29.8 Å². The number of nitrogens with one attached hydrogen (secondary N) is 3. The molecule has 1 aromatic rings. The fourth-order valence-electron chi connectivity index (χ4n) is 3.16. The number of carbonyl (C=O) groups excluding carboxylic acids is 1. The van der Waals surface area contributed by atoms with E-state index < -0.39 is 10.0 Å². The van der Waals surface area contributed by atoms with Crippen LogP contribution in [0.4, 0.5) is 0 Å². The van der Waals surface area contributed by atoms with E-state index in [0.29, 0.717) is 18.9 Å². The first-order valence-electron chi connectivity index (χ1n) is 10.3. The molecule has 0 spiro atoms. The van der Waals surface area contributed by atoms with E-state index in [-0.39, 0.29) is 10.8 Å². The number of guanidine groups is 1. The number of sulfonamides is 1. The number of hydrogen-bond acceptors (Lipinski definition) is 4. The summed E-state index contributed by atoms with van der Waals surface area (Å²) in [5.41, 5.74) is 0.924. The summed E-state index contributed by atoms with van der Waals surface area (Å²) in [6.07, 6.45) is 4.78. The molecule has 1 aliphatic rings. The Morgan fingerprint density at radius 1 is 1.14 bits per heavy atom. The second-order valence-electron chi connectivity index (χ2n) is 7.02.